The molecule has 2 saturated carbocycles. The second-order valence-corrected chi connectivity index (χ2v) is 7.83. The molecule has 23 heavy (non-hydrogen) atoms. The Bertz CT molecular complexity index is 573. The van der Waals surface area contributed by atoms with Crippen LogP contribution in [0.2, 0.25) is 0 Å². The second kappa shape index (κ2) is 6.81. The average molecular weight is 312 g/mol. The van der Waals surface area contributed by atoms with Crippen molar-refractivity contribution in [1.82, 2.24) is 0 Å². The zero-order valence-electron chi connectivity index (χ0n) is 15.3. The highest BCUT2D eigenvalue weighted by Gasteiger charge is 2.52. The van der Waals surface area contributed by atoms with E-state index >= 15 is 0 Å². The first-order valence-corrected chi connectivity index (χ1v) is 9.29. The number of benzene rings is 1. The van der Waals surface area contributed by atoms with Crippen LogP contribution in [-0.2, 0) is 11.2 Å². The van der Waals surface area contributed by atoms with E-state index in [-0.39, 0.29) is 0 Å². The highest BCUT2D eigenvalue weighted by molar-refractivity contribution is 5.36. The number of allylic oxidation sites excluding steroid dienone is 2. The van der Waals surface area contributed by atoms with Gasteiger partial charge in [0.05, 0.1) is 0 Å². The van der Waals surface area contributed by atoms with Gasteiger partial charge in [-0.2, -0.15) is 0 Å². The predicted octanol–water partition coefficient (Wildman–Crippen LogP) is 5.75. The standard InChI is InChI=1S/C20H26.C2H6O/c1-3-15-9-11-19-18-10-8-14-6-4-5-7-16(14)17(18)12-13-20(15,19)2;1-3-2/h3-7,17-19H,8-13H2,1-2H3;1-2H3/t17-,18-,19+,20-;/m1./s1. The van der Waals surface area contributed by atoms with E-state index in [9.17, 15) is 0 Å². The molecular weight excluding hydrogens is 280 g/mol. The number of ether oxygens (including phenoxy) is 1. The van der Waals surface area contributed by atoms with Gasteiger partial charge >= 0.3 is 0 Å². The number of rotatable bonds is 0. The van der Waals surface area contributed by atoms with Crippen LogP contribution in [0.25, 0.3) is 0 Å². The molecule has 0 bridgehead atoms. The van der Waals surface area contributed by atoms with Crippen LogP contribution < -0.4 is 0 Å². The van der Waals surface area contributed by atoms with E-state index in [2.05, 4.69) is 48.9 Å². The molecule has 3 aliphatic rings. The van der Waals surface area contributed by atoms with Crippen LogP contribution in [0, 0.1) is 17.3 Å². The van der Waals surface area contributed by atoms with Crippen LogP contribution in [0.3, 0.4) is 0 Å². The fourth-order valence-electron chi connectivity index (χ4n) is 5.84. The van der Waals surface area contributed by atoms with Crippen molar-refractivity contribution in [2.75, 3.05) is 14.2 Å². The highest BCUT2D eigenvalue weighted by Crippen LogP contribution is 2.62. The molecule has 0 saturated heterocycles. The zero-order valence-corrected chi connectivity index (χ0v) is 15.3. The minimum absolute atomic E-state index is 0.530. The summed E-state index contributed by atoms with van der Waals surface area (Å²) in [6, 6.07) is 9.26. The molecule has 3 aliphatic carbocycles. The number of hydrogen-bond donors (Lipinski definition) is 0. The maximum absolute atomic E-state index is 4.25. The zero-order chi connectivity index (χ0) is 16.4. The summed E-state index contributed by atoms with van der Waals surface area (Å²) in [5.74, 6) is 2.75. The molecule has 0 N–H and O–H groups in total. The Labute approximate surface area is 142 Å². The molecule has 4 atom stereocenters. The SMILES string of the molecule is CC=C1CC[C@H]2[C@@H]3CCc4ccccc4[C@H]3CC[C@]12C.COC. The van der Waals surface area contributed by atoms with E-state index in [0.717, 1.165) is 17.8 Å². The maximum Gasteiger partial charge on any atom is 0.0351 e. The van der Waals surface area contributed by atoms with Crippen molar-refractivity contribution in [3.8, 4) is 0 Å². The highest BCUT2D eigenvalue weighted by atomic mass is 16.4. The summed E-state index contributed by atoms with van der Waals surface area (Å²) in [7, 11) is 3.25. The number of hydrogen-bond acceptors (Lipinski definition) is 1. The van der Waals surface area contributed by atoms with Crippen molar-refractivity contribution in [3.05, 3.63) is 47.0 Å². The van der Waals surface area contributed by atoms with Crippen LogP contribution in [0.4, 0.5) is 0 Å². The van der Waals surface area contributed by atoms with Gasteiger partial charge in [-0.05, 0) is 79.7 Å². The van der Waals surface area contributed by atoms with Crippen LogP contribution in [0.5, 0.6) is 0 Å². The van der Waals surface area contributed by atoms with Crippen molar-refractivity contribution in [3.63, 3.8) is 0 Å². The van der Waals surface area contributed by atoms with E-state index in [1.807, 2.05) is 0 Å². The lowest BCUT2D eigenvalue weighted by Crippen LogP contribution is -2.40. The van der Waals surface area contributed by atoms with E-state index in [0.29, 0.717) is 5.41 Å². The van der Waals surface area contributed by atoms with Gasteiger partial charge in [-0.25, -0.2) is 0 Å². The molecule has 0 spiro atoms. The fourth-order valence-corrected chi connectivity index (χ4v) is 5.84. The van der Waals surface area contributed by atoms with Crippen molar-refractivity contribution < 1.29 is 4.74 Å². The van der Waals surface area contributed by atoms with Crippen LogP contribution in [0.15, 0.2) is 35.9 Å². The summed E-state index contributed by atoms with van der Waals surface area (Å²) in [6.07, 6.45) is 10.8. The average Bonchev–Trinajstić information content (AvgIpc) is 2.91. The van der Waals surface area contributed by atoms with Crippen molar-refractivity contribution in [1.29, 1.82) is 0 Å². The molecule has 1 aromatic rings. The number of fused-ring (bicyclic) bond motifs is 5. The van der Waals surface area contributed by atoms with Crippen molar-refractivity contribution in [2.24, 2.45) is 17.3 Å². The lowest BCUT2D eigenvalue weighted by atomic mass is 9.55. The number of aryl methyl sites for hydroxylation is 1. The van der Waals surface area contributed by atoms with Gasteiger partial charge in [0.2, 0.25) is 0 Å². The Balaban J connectivity index is 0.000000485. The first-order valence-electron chi connectivity index (χ1n) is 9.29. The second-order valence-electron chi connectivity index (χ2n) is 7.83. The lowest BCUT2D eigenvalue weighted by Gasteiger charge is -2.49. The summed E-state index contributed by atoms with van der Waals surface area (Å²) < 4.78 is 4.25. The third-order valence-electron chi connectivity index (χ3n) is 6.83. The van der Waals surface area contributed by atoms with Crippen LogP contribution in [-0.4, -0.2) is 14.2 Å². The number of methoxy groups -OCH3 is 1. The molecule has 0 heterocycles. The Kier molecular flexibility index (Phi) is 4.96. The maximum atomic E-state index is 4.25. The summed E-state index contributed by atoms with van der Waals surface area (Å²) in [4.78, 5) is 0. The van der Waals surface area contributed by atoms with Crippen molar-refractivity contribution in [2.45, 2.75) is 58.3 Å². The largest absolute Gasteiger partial charge is 0.388 e. The Morgan fingerprint density at radius 3 is 2.57 bits per heavy atom. The Morgan fingerprint density at radius 1 is 1.09 bits per heavy atom. The van der Waals surface area contributed by atoms with Crippen molar-refractivity contribution >= 4 is 0 Å². The molecular formula is C22H32O. The van der Waals surface area contributed by atoms with E-state index in [4.69, 9.17) is 0 Å². The molecule has 0 aromatic heterocycles. The lowest BCUT2D eigenvalue weighted by molar-refractivity contribution is 0.0814. The molecule has 1 nitrogen and oxygen atoms in total. The minimum Gasteiger partial charge on any atom is -0.388 e. The van der Waals surface area contributed by atoms with Gasteiger partial charge < -0.3 is 4.74 Å². The normalized spacial score (nSPS) is 36.5. The molecule has 0 radical (unpaired) electrons. The summed E-state index contributed by atoms with van der Waals surface area (Å²) in [6.45, 7) is 4.82. The molecule has 4 rings (SSSR count). The minimum atomic E-state index is 0.530. The van der Waals surface area contributed by atoms with Crippen LogP contribution in [0.1, 0.15) is 63.0 Å². The third-order valence-corrected chi connectivity index (χ3v) is 6.83. The Hall–Kier alpha value is -1.08. The molecule has 0 aliphatic heterocycles. The monoisotopic (exact) mass is 312 g/mol. The van der Waals surface area contributed by atoms with E-state index in [1.165, 1.54) is 38.5 Å². The summed E-state index contributed by atoms with van der Waals surface area (Å²) in [5.41, 5.74) is 5.63. The van der Waals surface area contributed by atoms with E-state index < -0.39 is 0 Å². The summed E-state index contributed by atoms with van der Waals surface area (Å²) >= 11 is 0. The third kappa shape index (κ3) is 2.78. The van der Waals surface area contributed by atoms with Gasteiger partial charge in [0.15, 0.2) is 0 Å². The van der Waals surface area contributed by atoms with Crippen LogP contribution >= 0.6 is 0 Å². The molecule has 126 valence electrons. The van der Waals surface area contributed by atoms with Gasteiger partial charge in [-0.1, -0.05) is 42.8 Å². The Morgan fingerprint density at radius 2 is 1.83 bits per heavy atom. The predicted molar refractivity (Wildman–Crippen MR) is 97.7 cm³/mol. The fraction of sp³-hybridized carbons (Fsp3) is 0.636. The molecule has 0 amide bonds. The molecule has 0 unspecified atom stereocenters. The topological polar surface area (TPSA) is 9.23 Å². The van der Waals surface area contributed by atoms with Gasteiger partial charge in [-0.3, -0.25) is 0 Å². The molecule has 2 fully saturated rings. The quantitative estimate of drug-likeness (QED) is 0.554. The van der Waals surface area contributed by atoms with Gasteiger partial charge in [0.1, 0.15) is 0 Å². The first-order chi connectivity index (χ1) is 11.2. The summed E-state index contributed by atoms with van der Waals surface area (Å²) in [5, 5.41) is 0. The smallest absolute Gasteiger partial charge is 0.0351 e. The first kappa shape index (κ1) is 16.8. The van der Waals surface area contributed by atoms with Gasteiger partial charge in [0.25, 0.3) is 0 Å². The molecule has 1 aromatic carbocycles. The van der Waals surface area contributed by atoms with Gasteiger partial charge in [-0.15, -0.1) is 0 Å². The molecule has 1 heteroatoms. The van der Waals surface area contributed by atoms with Gasteiger partial charge in [0, 0.05) is 14.2 Å². The van der Waals surface area contributed by atoms with E-state index in [1.54, 1.807) is 30.9 Å².